The Labute approximate surface area is 229 Å². The second-order valence-corrected chi connectivity index (χ2v) is 12.9. The van der Waals surface area contributed by atoms with Crippen molar-refractivity contribution in [3.8, 4) is 0 Å². The van der Waals surface area contributed by atoms with Crippen molar-refractivity contribution in [2.24, 2.45) is 11.8 Å². The predicted molar refractivity (Wildman–Crippen MR) is 141 cm³/mol. The van der Waals surface area contributed by atoms with Crippen LogP contribution in [0.4, 0.5) is 14.5 Å². The minimum Gasteiger partial charge on any atom is -0.386 e. The Morgan fingerprint density at radius 1 is 1.10 bits per heavy atom. The van der Waals surface area contributed by atoms with Crippen molar-refractivity contribution in [1.82, 2.24) is 4.98 Å². The molecule has 39 heavy (non-hydrogen) atoms. The summed E-state index contributed by atoms with van der Waals surface area (Å²) in [7, 11) is -4.04. The van der Waals surface area contributed by atoms with Gasteiger partial charge < -0.3 is 15.5 Å². The highest BCUT2D eigenvalue weighted by Crippen LogP contribution is 2.56. The molecule has 11 heteroatoms. The quantitative estimate of drug-likeness (QED) is 0.380. The van der Waals surface area contributed by atoms with Crippen LogP contribution in [0.25, 0.3) is 0 Å². The van der Waals surface area contributed by atoms with Crippen molar-refractivity contribution in [3.63, 3.8) is 0 Å². The third-order valence-corrected chi connectivity index (χ3v) is 10.8. The van der Waals surface area contributed by atoms with Gasteiger partial charge in [-0.2, -0.15) is 0 Å². The molecule has 0 saturated heterocycles. The molecule has 0 unspecified atom stereocenters. The predicted octanol–water partition coefficient (Wildman–Crippen LogP) is 5.00. The number of rotatable bonds is 6. The Bertz CT molecular complexity index is 1540. The maximum absolute atomic E-state index is 13.8. The van der Waals surface area contributed by atoms with E-state index in [1.165, 1.54) is 24.3 Å². The lowest BCUT2D eigenvalue weighted by atomic mass is 9.70. The molecule has 2 aliphatic rings. The molecule has 206 valence electrons. The molecule has 5 rings (SSSR count). The van der Waals surface area contributed by atoms with E-state index < -0.39 is 56.2 Å². The molecule has 1 amide bonds. The van der Waals surface area contributed by atoms with Crippen LogP contribution in [-0.2, 0) is 9.84 Å². The number of carbonyl (C=O) groups excluding carboxylic acids is 1. The van der Waals surface area contributed by atoms with E-state index in [2.05, 4.69) is 10.3 Å². The Morgan fingerprint density at radius 2 is 1.79 bits per heavy atom. The van der Waals surface area contributed by atoms with Crippen molar-refractivity contribution >= 4 is 33.0 Å². The number of hydrogen-bond acceptors (Lipinski definition) is 6. The average molecular weight is 577 g/mol. The van der Waals surface area contributed by atoms with Gasteiger partial charge in [-0.05, 0) is 86.4 Å². The zero-order valence-corrected chi connectivity index (χ0v) is 22.5. The SMILES string of the molecule is Cc1cccnc1[C@H](O)[C@@]1(O)[C@@H]2CC[C@H]1C[C@H](S(=O)(=O)c1cc(C(=O)Nc3ccc(F)c(F)c3)ccc1Cl)C2. The second kappa shape index (κ2) is 10.2. The van der Waals surface area contributed by atoms with Gasteiger partial charge in [-0.15, -0.1) is 0 Å². The number of halogens is 3. The van der Waals surface area contributed by atoms with E-state index in [4.69, 9.17) is 11.6 Å². The van der Waals surface area contributed by atoms with Crippen LogP contribution in [0.3, 0.4) is 0 Å². The van der Waals surface area contributed by atoms with Crippen molar-refractivity contribution < 1.29 is 32.2 Å². The normalized spacial score (nSPS) is 25.3. The van der Waals surface area contributed by atoms with Crippen LogP contribution in [-0.4, -0.2) is 40.4 Å². The van der Waals surface area contributed by atoms with Crippen LogP contribution in [0.1, 0.15) is 53.4 Å². The van der Waals surface area contributed by atoms with Gasteiger partial charge in [0, 0.05) is 23.5 Å². The van der Waals surface area contributed by atoms with Crippen molar-refractivity contribution in [1.29, 1.82) is 0 Å². The molecule has 2 bridgehead atoms. The first-order valence-electron chi connectivity index (χ1n) is 12.5. The van der Waals surface area contributed by atoms with E-state index in [1.807, 2.05) is 0 Å². The van der Waals surface area contributed by atoms with Gasteiger partial charge >= 0.3 is 0 Å². The molecule has 0 aliphatic heterocycles. The fraction of sp³-hybridized carbons (Fsp3) is 0.357. The van der Waals surface area contributed by atoms with Gasteiger partial charge in [0.05, 0.1) is 20.9 Å². The van der Waals surface area contributed by atoms with Gasteiger partial charge in [-0.25, -0.2) is 17.2 Å². The summed E-state index contributed by atoms with van der Waals surface area (Å²) >= 11 is 6.30. The number of fused-ring (bicyclic) bond motifs is 2. The molecule has 5 atom stereocenters. The number of aliphatic hydroxyl groups excluding tert-OH is 1. The van der Waals surface area contributed by atoms with Gasteiger partial charge in [0.25, 0.3) is 5.91 Å². The molecule has 2 aromatic carbocycles. The molecule has 2 aliphatic carbocycles. The topological polar surface area (TPSA) is 117 Å². The molecule has 0 radical (unpaired) electrons. The summed E-state index contributed by atoms with van der Waals surface area (Å²) in [6.45, 7) is 1.80. The molecule has 7 nitrogen and oxygen atoms in total. The summed E-state index contributed by atoms with van der Waals surface area (Å²) in [5.74, 6) is -3.88. The maximum Gasteiger partial charge on any atom is 0.255 e. The van der Waals surface area contributed by atoms with E-state index >= 15 is 0 Å². The number of hydrogen-bond donors (Lipinski definition) is 3. The van der Waals surface area contributed by atoms with Crippen molar-refractivity contribution in [3.05, 3.63) is 88.2 Å². The molecule has 3 aromatic rings. The standard InChI is InChI=1S/C28H27ClF2N2O5S/c1-15-3-2-10-32-25(15)26(34)28(36)17-5-6-18(28)13-20(12-17)39(37,38)24-11-16(4-8-21(24)29)27(35)33-19-7-9-22(30)23(31)14-19/h2-4,7-11,14,17-18,20,26,34,36H,5-6,12-13H2,1H3,(H,33,35)/t17-,18+,20-,26-,28-/m0/s1. The first-order valence-corrected chi connectivity index (χ1v) is 14.5. The van der Waals surface area contributed by atoms with Crippen LogP contribution in [0.5, 0.6) is 0 Å². The maximum atomic E-state index is 13.8. The van der Waals surface area contributed by atoms with Gasteiger partial charge in [0.1, 0.15) is 11.7 Å². The number of carbonyl (C=O) groups is 1. The van der Waals surface area contributed by atoms with Gasteiger partial charge in [-0.1, -0.05) is 17.7 Å². The number of pyridine rings is 1. The lowest BCUT2D eigenvalue weighted by Gasteiger charge is -2.45. The van der Waals surface area contributed by atoms with Crippen LogP contribution >= 0.6 is 11.6 Å². The van der Waals surface area contributed by atoms with E-state index in [0.29, 0.717) is 18.5 Å². The average Bonchev–Trinajstić information content (AvgIpc) is 3.06. The molecule has 1 heterocycles. The molecule has 3 N–H and O–H groups in total. The highest BCUT2D eigenvalue weighted by Gasteiger charge is 2.59. The fourth-order valence-corrected chi connectivity index (χ4v) is 8.47. The number of sulfone groups is 1. The summed E-state index contributed by atoms with van der Waals surface area (Å²) in [5, 5.41) is 24.4. The Morgan fingerprint density at radius 3 is 2.44 bits per heavy atom. The van der Waals surface area contributed by atoms with Crippen molar-refractivity contribution in [2.75, 3.05) is 5.32 Å². The van der Waals surface area contributed by atoms with Crippen LogP contribution in [0.2, 0.25) is 5.02 Å². The fourth-order valence-electron chi connectivity index (χ4n) is 6.06. The molecule has 2 saturated carbocycles. The smallest absolute Gasteiger partial charge is 0.255 e. The number of benzene rings is 2. The number of nitrogens with one attached hydrogen (secondary N) is 1. The third-order valence-electron chi connectivity index (χ3n) is 8.13. The molecule has 1 aromatic heterocycles. The number of anilines is 1. The number of aryl methyl sites for hydroxylation is 1. The minimum atomic E-state index is -4.04. The number of nitrogens with zero attached hydrogens (tertiary/aromatic N) is 1. The largest absolute Gasteiger partial charge is 0.386 e. The first-order chi connectivity index (χ1) is 18.4. The highest BCUT2D eigenvalue weighted by atomic mass is 35.5. The summed E-state index contributed by atoms with van der Waals surface area (Å²) in [4.78, 5) is 16.8. The second-order valence-electron chi connectivity index (χ2n) is 10.3. The zero-order valence-electron chi connectivity index (χ0n) is 20.9. The van der Waals surface area contributed by atoms with Gasteiger partial charge in [-0.3, -0.25) is 9.78 Å². The molecular weight excluding hydrogens is 550 g/mol. The van der Waals surface area contributed by atoms with E-state index in [0.717, 1.165) is 17.7 Å². The van der Waals surface area contributed by atoms with E-state index in [1.54, 1.807) is 25.3 Å². The zero-order chi connectivity index (χ0) is 28.1. The lowest BCUT2D eigenvalue weighted by Crippen LogP contribution is -2.52. The van der Waals surface area contributed by atoms with E-state index in [9.17, 15) is 32.2 Å². The van der Waals surface area contributed by atoms with Crippen LogP contribution in [0, 0.1) is 30.4 Å². The number of aromatic nitrogens is 1. The molecular formula is C28H27ClF2N2O5S. The lowest BCUT2D eigenvalue weighted by molar-refractivity contribution is -0.146. The summed E-state index contributed by atoms with van der Waals surface area (Å²) in [5.41, 5.74) is -0.429. The number of amides is 1. The Kier molecular flexibility index (Phi) is 7.26. The summed E-state index contributed by atoms with van der Waals surface area (Å²) in [6, 6.07) is 10.2. The number of aliphatic hydroxyl groups is 2. The molecule has 2 fully saturated rings. The minimum absolute atomic E-state index is 0.00287. The van der Waals surface area contributed by atoms with Gasteiger partial charge in [0.2, 0.25) is 0 Å². The first kappa shape index (κ1) is 27.6. The molecule has 0 spiro atoms. The van der Waals surface area contributed by atoms with Gasteiger partial charge in [0.15, 0.2) is 21.5 Å². The highest BCUT2D eigenvalue weighted by molar-refractivity contribution is 7.92. The van der Waals surface area contributed by atoms with Crippen LogP contribution < -0.4 is 5.32 Å². The third kappa shape index (κ3) is 4.84. The Balaban J connectivity index is 1.39. The summed E-state index contributed by atoms with van der Waals surface area (Å²) < 4.78 is 54.3. The van der Waals surface area contributed by atoms with Crippen LogP contribution in [0.15, 0.2) is 59.6 Å². The summed E-state index contributed by atoms with van der Waals surface area (Å²) in [6.07, 6.45) is 1.62. The van der Waals surface area contributed by atoms with Crippen molar-refractivity contribution in [2.45, 2.75) is 54.5 Å². The Hall–Kier alpha value is -2.92. The van der Waals surface area contributed by atoms with E-state index in [-0.39, 0.29) is 34.0 Å². The monoisotopic (exact) mass is 576 g/mol.